The smallest absolute Gasteiger partial charge is 0.163 e. The van der Waals surface area contributed by atoms with Gasteiger partial charge in [-0.2, -0.15) is 0 Å². The zero-order valence-corrected chi connectivity index (χ0v) is 19.1. The summed E-state index contributed by atoms with van der Waals surface area (Å²) in [5, 5.41) is 3.68. The van der Waals surface area contributed by atoms with Gasteiger partial charge in [-0.15, -0.1) is 0 Å². The number of hydrogen-bond acceptors (Lipinski definition) is 5. The van der Waals surface area contributed by atoms with Crippen molar-refractivity contribution in [2.75, 3.05) is 25.6 Å². The highest BCUT2D eigenvalue weighted by Gasteiger charge is 2.15. The lowest BCUT2D eigenvalue weighted by atomic mass is 10.2. The van der Waals surface area contributed by atoms with Crippen LogP contribution in [-0.4, -0.2) is 20.3 Å². The van der Waals surface area contributed by atoms with Crippen molar-refractivity contribution < 1.29 is 23.3 Å². The minimum Gasteiger partial charge on any atom is -0.493 e. The summed E-state index contributed by atoms with van der Waals surface area (Å²) in [6.07, 6.45) is 0. The number of fused-ring (bicyclic) bond motifs is 1. The summed E-state index contributed by atoms with van der Waals surface area (Å²) in [5.41, 5.74) is 2.17. The molecule has 0 spiro atoms. The van der Waals surface area contributed by atoms with Crippen LogP contribution in [0.25, 0.3) is 0 Å². The zero-order valence-electron chi connectivity index (χ0n) is 16.7. The van der Waals surface area contributed by atoms with Gasteiger partial charge >= 0.3 is 0 Å². The van der Waals surface area contributed by atoms with Gasteiger partial charge in [0.05, 0.1) is 12.1 Å². The fourth-order valence-electron chi connectivity index (χ4n) is 3.16. The Balaban J connectivity index is 1.47. The van der Waals surface area contributed by atoms with Gasteiger partial charge in [0.15, 0.2) is 23.0 Å². The van der Waals surface area contributed by atoms with Crippen molar-refractivity contribution in [3.8, 4) is 23.0 Å². The Bertz CT molecular complexity index is 1080. The van der Waals surface area contributed by atoms with E-state index >= 15 is 0 Å². The molecule has 1 heterocycles. The molecule has 0 fully saturated rings. The number of hydrogen-bond donors (Lipinski definition) is 1. The molecule has 1 aliphatic heterocycles. The van der Waals surface area contributed by atoms with Crippen molar-refractivity contribution in [1.82, 2.24) is 0 Å². The summed E-state index contributed by atoms with van der Waals surface area (Å²) < 4.78 is 37.3. The maximum absolute atomic E-state index is 14.0. The molecule has 8 heteroatoms. The maximum atomic E-state index is 14.0. The zero-order chi connectivity index (χ0) is 21.8. The molecule has 31 heavy (non-hydrogen) atoms. The second-order valence-corrected chi connectivity index (χ2v) is 8.06. The second kappa shape index (κ2) is 9.66. The van der Waals surface area contributed by atoms with Crippen molar-refractivity contribution in [2.24, 2.45) is 0 Å². The number of rotatable bonds is 7. The Morgan fingerprint density at radius 2 is 1.87 bits per heavy atom. The molecule has 0 aliphatic carbocycles. The van der Waals surface area contributed by atoms with Crippen molar-refractivity contribution >= 4 is 33.2 Å². The molecular formula is C23H20BrClFNO4. The normalized spacial score (nSPS) is 12.4. The minimum absolute atomic E-state index is 0.0108. The molecule has 5 nitrogen and oxygen atoms in total. The lowest BCUT2D eigenvalue weighted by Gasteiger charge is -2.19. The van der Waals surface area contributed by atoms with Crippen LogP contribution >= 0.6 is 27.5 Å². The molecule has 0 saturated carbocycles. The first-order valence-electron chi connectivity index (χ1n) is 9.61. The van der Waals surface area contributed by atoms with Crippen LogP contribution in [0, 0.1) is 5.82 Å². The molecule has 1 N–H and O–H groups in total. The van der Waals surface area contributed by atoms with Gasteiger partial charge in [0.1, 0.15) is 25.6 Å². The number of ether oxygens (including phenoxy) is 4. The molecule has 3 aromatic rings. The number of halogens is 3. The average molecular weight is 509 g/mol. The first kappa shape index (κ1) is 21.6. The van der Waals surface area contributed by atoms with Crippen LogP contribution in [0.1, 0.15) is 11.1 Å². The highest BCUT2D eigenvalue weighted by Crippen LogP contribution is 2.36. The summed E-state index contributed by atoms with van der Waals surface area (Å²) in [6, 6.07) is 13.9. The van der Waals surface area contributed by atoms with Crippen LogP contribution in [-0.2, 0) is 13.2 Å². The third-order valence-electron chi connectivity index (χ3n) is 4.79. The first-order chi connectivity index (χ1) is 15.0. The van der Waals surface area contributed by atoms with Crippen molar-refractivity contribution in [1.29, 1.82) is 0 Å². The molecule has 0 atom stereocenters. The number of anilines is 1. The molecule has 0 aromatic heterocycles. The number of benzene rings is 3. The van der Waals surface area contributed by atoms with E-state index in [4.69, 9.17) is 30.5 Å². The van der Waals surface area contributed by atoms with Crippen molar-refractivity contribution in [3.63, 3.8) is 0 Å². The lowest BCUT2D eigenvalue weighted by molar-refractivity contribution is 0.171. The fourth-order valence-corrected chi connectivity index (χ4v) is 3.84. The molecule has 0 saturated heterocycles. The van der Waals surface area contributed by atoms with E-state index in [-0.39, 0.29) is 6.61 Å². The molecule has 0 bridgehead atoms. The van der Waals surface area contributed by atoms with Crippen molar-refractivity contribution in [2.45, 2.75) is 13.2 Å². The van der Waals surface area contributed by atoms with E-state index in [0.717, 1.165) is 27.2 Å². The Labute approximate surface area is 193 Å². The summed E-state index contributed by atoms with van der Waals surface area (Å²) in [5.74, 6) is 2.08. The van der Waals surface area contributed by atoms with Gasteiger partial charge in [-0.25, -0.2) is 4.39 Å². The molecule has 1 aliphatic rings. The minimum atomic E-state index is -0.411. The predicted octanol–water partition coefficient (Wildman–Crippen LogP) is 6.21. The summed E-state index contributed by atoms with van der Waals surface area (Å²) >= 11 is 9.66. The summed E-state index contributed by atoms with van der Waals surface area (Å²) in [4.78, 5) is 0. The Morgan fingerprint density at radius 3 is 2.65 bits per heavy atom. The Morgan fingerprint density at radius 1 is 1.06 bits per heavy atom. The van der Waals surface area contributed by atoms with Gasteiger partial charge in [0.2, 0.25) is 0 Å². The van der Waals surface area contributed by atoms with Crippen LogP contribution in [0.15, 0.2) is 53.0 Å². The Kier molecular flexibility index (Phi) is 6.73. The van der Waals surface area contributed by atoms with Gasteiger partial charge in [-0.3, -0.25) is 0 Å². The average Bonchev–Trinajstić information content (AvgIpc) is 2.78. The van der Waals surface area contributed by atoms with Gasteiger partial charge in [0.25, 0.3) is 0 Å². The molecule has 3 aromatic carbocycles. The third kappa shape index (κ3) is 4.99. The molecule has 0 unspecified atom stereocenters. The van der Waals surface area contributed by atoms with Gasteiger partial charge in [-0.1, -0.05) is 33.6 Å². The second-order valence-electron chi connectivity index (χ2n) is 6.80. The van der Waals surface area contributed by atoms with E-state index in [1.54, 1.807) is 25.3 Å². The number of nitrogens with one attached hydrogen (secondary N) is 1. The number of methoxy groups -OCH3 is 1. The van der Waals surface area contributed by atoms with E-state index < -0.39 is 5.82 Å². The highest BCUT2D eigenvalue weighted by atomic mass is 79.9. The lowest BCUT2D eigenvalue weighted by Crippen LogP contribution is -2.15. The fraction of sp³-hybridized carbons (Fsp3) is 0.217. The van der Waals surface area contributed by atoms with Crippen LogP contribution in [0.2, 0.25) is 5.02 Å². The third-order valence-corrected chi connectivity index (χ3v) is 5.88. The molecule has 4 rings (SSSR count). The topological polar surface area (TPSA) is 49.0 Å². The van der Waals surface area contributed by atoms with Crippen LogP contribution in [0.5, 0.6) is 23.0 Å². The highest BCUT2D eigenvalue weighted by molar-refractivity contribution is 9.10. The Hall–Kier alpha value is -2.64. The molecule has 0 radical (unpaired) electrons. The monoisotopic (exact) mass is 507 g/mol. The van der Waals surface area contributed by atoms with Gasteiger partial charge < -0.3 is 24.3 Å². The van der Waals surface area contributed by atoms with Crippen LogP contribution in [0.3, 0.4) is 0 Å². The maximum Gasteiger partial charge on any atom is 0.163 e. The summed E-state index contributed by atoms with van der Waals surface area (Å²) in [7, 11) is 1.56. The summed E-state index contributed by atoms with van der Waals surface area (Å²) in [6.45, 7) is 1.63. The SMILES string of the molecule is COc1cc(CNc2ccc3c(c2)OCCO3)c(Br)cc1OCc1c(F)cccc1Cl. The van der Waals surface area contributed by atoms with E-state index in [2.05, 4.69) is 21.2 Å². The van der Waals surface area contributed by atoms with Gasteiger partial charge in [-0.05, 0) is 42.0 Å². The molecule has 162 valence electrons. The van der Waals surface area contributed by atoms with E-state index in [0.29, 0.717) is 41.8 Å². The van der Waals surface area contributed by atoms with Crippen molar-refractivity contribution in [3.05, 3.63) is 75.0 Å². The van der Waals surface area contributed by atoms with Crippen LogP contribution < -0.4 is 24.3 Å². The first-order valence-corrected chi connectivity index (χ1v) is 10.8. The quantitative estimate of drug-likeness (QED) is 0.411. The molecular weight excluding hydrogens is 489 g/mol. The largest absolute Gasteiger partial charge is 0.493 e. The predicted molar refractivity (Wildman–Crippen MR) is 121 cm³/mol. The van der Waals surface area contributed by atoms with Crippen LogP contribution in [0.4, 0.5) is 10.1 Å². The van der Waals surface area contributed by atoms with E-state index in [9.17, 15) is 4.39 Å². The van der Waals surface area contributed by atoms with E-state index in [1.807, 2.05) is 24.3 Å². The van der Waals surface area contributed by atoms with Gasteiger partial charge in [0, 0.05) is 28.3 Å². The standard InChI is InChI=1S/C23H20BrClFNO4/c1-28-21-9-14(12-27-15-5-6-20-22(10-15)30-8-7-29-20)17(24)11-23(21)31-13-16-18(25)3-2-4-19(16)26/h2-6,9-11,27H,7-8,12-13H2,1H3. The molecule has 0 amide bonds. The van der Waals surface area contributed by atoms with E-state index in [1.165, 1.54) is 6.07 Å².